The molecule has 2 aromatic carbocycles. The number of fused-ring (bicyclic) bond motifs is 1. The van der Waals surface area contributed by atoms with Crippen LogP contribution in [0.4, 0.5) is 14.6 Å². The van der Waals surface area contributed by atoms with Crippen LogP contribution in [0.2, 0.25) is 5.02 Å². The quantitative estimate of drug-likeness (QED) is 0.640. The normalized spacial score (nSPS) is 14.8. The Hall–Kier alpha value is -3.04. The zero-order chi connectivity index (χ0) is 22.1. The van der Waals surface area contributed by atoms with E-state index in [4.69, 9.17) is 11.6 Å². The maximum Gasteiger partial charge on any atom is 0.233 e. The van der Waals surface area contributed by atoms with Gasteiger partial charge in [-0.2, -0.15) is 0 Å². The van der Waals surface area contributed by atoms with E-state index in [1.807, 2.05) is 9.80 Å². The minimum Gasteiger partial charge on any atom is -0.507 e. The number of nitrogens with zero attached hydrogens (tertiary/aromatic N) is 4. The van der Waals surface area contributed by atoms with Crippen molar-refractivity contribution in [2.45, 2.75) is 0 Å². The van der Waals surface area contributed by atoms with Crippen LogP contribution in [-0.4, -0.2) is 65.7 Å². The van der Waals surface area contributed by atoms with E-state index in [1.54, 1.807) is 7.05 Å². The lowest BCUT2D eigenvalue weighted by Crippen LogP contribution is -2.49. The number of benzene rings is 2. The van der Waals surface area contributed by atoms with Crippen molar-refractivity contribution in [2.75, 3.05) is 44.7 Å². The predicted molar refractivity (Wildman–Crippen MR) is 114 cm³/mol. The second-order valence-electron chi connectivity index (χ2n) is 7.21. The van der Waals surface area contributed by atoms with Crippen molar-refractivity contribution >= 4 is 34.2 Å². The zero-order valence-corrected chi connectivity index (χ0v) is 17.5. The molecule has 0 radical (unpaired) electrons. The number of nitrogens with one attached hydrogen (secondary N) is 1. The summed E-state index contributed by atoms with van der Waals surface area (Å²) < 4.78 is 29.8. The summed E-state index contributed by atoms with van der Waals surface area (Å²) >= 11 is 6.35. The molecule has 0 atom stereocenters. The molecule has 2 heterocycles. The molecule has 3 aromatic rings. The number of amides is 1. The molecule has 10 heteroatoms. The van der Waals surface area contributed by atoms with Crippen molar-refractivity contribution in [3.05, 3.63) is 47.2 Å². The summed E-state index contributed by atoms with van der Waals surface area (Å²) in [5.74, 6) is -1.58. The number of halogens is 3. The Kier molecular flexibility index (Phi) is 5.88. The third kappa shape index (κ3) is 3.98. The van der Waals surface area contributed by atoms with Crippen LogP contribution in [0, 0.1) is 11.6 Å². The van der Waals surface area contributed by atoms with Gasteiger partial charge < -0.3 is 15.3 Å². The average Bonchev–Trinajstić information content (AvgIpc) is 2.76. The average molecular weight is 448 g/mol. The smallest absolute Gasteiger partial charge is 0.233 e. The highest BCUT2D eigenvalue weighted by molar-refractivity contribution is 6.34. The number of anilines is 1. The van der Waals surface area contributed by atoms with Gasteiger partial charge in [-0.1, -0.05) is 17.7 Å². The van der Waals surface area contributed by atoms with Gasteiger partial charge in [-0.3, -0.25) is 9.69 Å². The molecule has 1 aliphatic heterocycles. The first kappa shape index (κ1) is 21.2. The molecule has 4 rings (SSSR count). The maximum atomic E-state index is 15.4. The fourth-order valence-electron chi connectivity index (χ4n) is 3.76. The number of likely N-dealkylation sites (N-methyl/N-ethyl adjacent to an activating group) is 1. The standard InChI is InChI=1S/C21H20ClF2N5O2/c1-25-16(31)10-28-5-7-29(8-6-28)21-12-9-13(22)17(19(24)20(12)26-11-27-21)18-14(23)3-2-4-15(18)30/h2-4,9,11,30H,5-8,10H2,1H3,(H,25,31). The third-order valence-electron chi connectivity index (χ3n) is 5.36. The molecule has 31 heavy (non-hydrogen) atoms. The second kappa shape index (κ2) is 8.60. The molecule has 162 valence electrons. The number of carbonyl (C=O) groups excluding carboxylic acids is 1. The highest BCUT2D eigenvalue weighted by atomic mass is 35.5. The van der Waals surface area contributed by atoms with Gasteiger partial charge in [0.05, 0.1) is 17.1 Å². The summed E-state index contributed by atoms with van der Waals surface area (Å²) in [4.78, 5) is 24.0. The van der Waals surface area contributed by atoms with Gasteiger partial charge in [-0.25, -0.2) is 18.7 Å². The summed E-state index contributed by atoms with van der Waals surface area (Å²) in [6.07, 6.45) is 1.25. The molecule has 7 nitrogen and oxygen atoms in total. The van der Waals surface area contributed by atoms with Gasteiger partial charge in [0, 0.05) is 44.2 Å². The number of piperazine rings is 1. The molecule has 2 N–H and O–H groups in total. The first-order valence-corrected chi connectivity index (χ1v) is 10.1. The van der Waals surface area contributed by atoms with E-state index in [0.717, 1.165) is 6.07 Å². The number of carbonyl (C=O) groups is 1. The largest absolute Gasteiger partial charge is 0.507 e. The van der Waals surface area contributed by atoms with Crippen LogP contribution >= 0.6 is 11.6 Å². The molecule has 1 fully saturated rings. The van der Waals surface area contributed by atoms with Gasteiger partial charge >= 0.3 is 0 Å². The zero-order valence-electron chi connectivity index (χ0n) is 16.7. The molecular weight excluding hydrogens is 428 g/mol. The number of aromatic nitrogens is 2. The predicted octanol–water partition coefficient (Wildman–Crippen LogP) is 2.80. The fraction of sp³-hybridized carbons (Fsp3) is 0.286. The molecule has 0 bridgehead atoms. The molecule has 0 saturated carbocycles. The number of phenolic OH excluding ortho intramolecular Hbond substituents is 1. The lowest BCUT2D eigenvalue weighted by atomic mass is 10.0. The van der Waals surface area contributed by atoms with Gasteiger partial charge in [0.1, 0.15) is 29.2 Å². The van der Waals surface area contributed by atoms with Gasteiger partial charge in [0.25, 0.3) is 0 Å². The van der Waals surface area contributed by atoms with E-state index in [2.05, 4.69) is 15.3 Å². The molecule has 1 amide bonds. The number of aromatic hydroxyl groups is 1. The van der Waals surface area contributed by atoms with Crippen LogP contribution in [-0.2, 0) is 4.79 Å². The molecule has 0 aliphatic carbocycles. The van der Waals surface area contributed by atoms with Crippen LogP contribution < -0.4 is 10.2 Å². The van der Waals surface area contributed by atoms with Gasteiger partial charge in [0.15, 0.2) is 5.82 Å². The van der Waals surface area contributed by atoms with Crippen molar-refractivity contribution in [1.82, 2.24) is 20.2 Å². The van der Waals surface area contributed by atoms with Crippen molar-refractivity contribution in [1.29, 1.82) is 0 Å². The summed E-state index contributed by atoms with van der Waals surface area (Å²) in [7, 11) is 1.60. The summed E-state index contributed by atoms with van der Waals surface area (Å²) in [5.41, 5.74) is -0.570. The molecule has 0 spiro atoms. The van der Waals surface area contributed by atoms with Crippen LogP contribution in [0.25, 0.3) is 22.0 Å². The number of rotatable bonds is 4. The van der Waals surface area contributed by atoms with Crippen molar-refractivity contribution < 1.29 is 18.7 Å². The van der Waals surface area contributed by atoms with E-state index in [-0.39, 0.29) is 27.6 Å². The van der Waals surface area contributed by atoms with E-state index >= 15 is 4.39 Å². The van der Waals surface area contributed by atoms with Crippen LogP contribution in [0.3, 0.4) is 0 Å². The molecular formula is C21H20ClF2N5O2. The van der Waals surface area contributed by atoms with E-state index < -0.39 is 17.4 Å². The maximum absolute atomic E-state index is 15.4. The highest BCUT2D eigenvalue weighted by Gasteiger charge is 2.25. The van der Waals surface area contributed by atoms with Crippen molar-refractivity contribution in [3.63, 3.8) is 0 Å². The monoisotopic (exact) mass is 447 g/mol. The van der Waals surface area contributed by atoms with Crippen LogP contribution in [0.15, 0.2) is 30.6 Å². The third-order valence-corrected chi connectivity index (χ3v) is 5.66. The summed E-state index contributed by atoms with van der Waals surface area (Å²) in [6.45, 7) is 2.74. The molecule has 1 aromatic heterocycles. The lowest BCUT2D eigenvalue weighted by Gasteiger charge is -2.35. The SMILES string of the molecule is CNC(=O)CN1CCN(c2ncnc3c(F)c(-c4c(O)cccc4F)c(Cl)cc23)CC1. The first-order valence-electron chi connectivity index (χ1n) is 9.69. The van der Waals surface area contributed by atoms with E-state index in [1.165, 1.54) is 24.5 Å². The van der Waals surface area contributed by atoms with Crippen molar-refractivity contribution in [3.8, 4) is 16.9 Å². The van der Waals surface area contributed by atoms with Crippen LogP contribution in [0.5, 0.6) is 5.75 Å². The molecule has 0 unspecified atom stereocenters. The Morgan fingerprint density at radius 2 is 1.94 bits per heavy atom. The van der Waals surface area contributed by atoms with Gasteiger partial charge in [-0.05, 0) is 18.2 Å². The van der Waals surface area contributed by atoms with Gasteiger partial charge in [0.2, 0.25) is 5.91 Å². The van der Waals surface area contributed by atoms with E-state index in [0.29, 0.717) is 43.9 Å². The topological polar surface area (TPSA) is 81.6 Å². The number of hydrogen-bond acceptors (Lipinski definition) is 6. The minimum atomic E-state index is -0.829. The number of hydrogen-bond donors (Lipinski definition) is 2. The minimum absolute atomic E-state index is 0.0140. The van der Waals surface area contributed by atoms with Crippen LogP contribution in [0.1, 0.15) is 0 Å². The Balaban J connectivity index is 1.72. The Morgan fingerprint density at radius 1 is 1.19 bits per heavy atom. The summed E-state index contributed by atoms with van der Waals surface area (Å²) in [5, 5.41) is 13.0. The number of phenols is 1. The highest BCUT2D eigenvalue weighted by Crippen LogP contribution is 2.42. The fourth-order valence-corrected chi connectivity index (χ4v) is 4.04. The lowest BCUT2D eigenvalue weighted by molar-refractivity contribution is -0.121. The molecule has 1 aliphatic rings. The Morgan fingerprint density at radius 3 is 2.61 bits per heavy atom. The molecule has 1 saturated heterocycles. The van der Waals surface area contributed by atoms with Crippen molar-refractivity contribution in [2.24, 2.45) is 0 Å². The Bertz CT molecular complexity index is 1130. The first-order chi connectivity index (χ1) is 14.9. The Labute approximate surface area is 182 Å². The summed E-state index contributed by atoms with van der Waals surface area (Å²) in [6, 6.07) is 5.21. The second-order valence-corrected chi connectivity index (χ2v) is 7.62. The van der Waals surface area contributed by atoms with Gasteiger partial charge in [-0.15, -0.1) is 0 Å². The van der Waals surface area contributed by atoms with E-state index in [9.17, 15) is 14.3 Å².